The van der Waals surface area contributed by atoms with Gasteiger partial charge in [-0.05, 0) is 12.1 Å². The van der Waals surface area contributed by atoms with Crippen molar-refractivity contribution in [1.29, 1.82) is 0 Å². The van der Waals surface area contributed by atoms with Gasteiger partial charge in [-0.2, -0.15) is 0 Å². The molecule has 0 radical (unpaired) electrons. The SMILES string of the molecule is CC(CO)(CO)CO.O=Cc1cc(Cl)c(C=O)cc1Cl. The molecule has 20 heavy (non-hydrogen) atoms. The summed E-state index contributed by atoms with van der Waals surface area (Å²) in [6.45, 7) is 1.06. The Morgan fingerprint density at radius 2 is 1.25 bits per heavy atom. The highest BCUT2D eigenvalue weighted by atomic mass is 35.5. The predicted octanol–water partition coefficient (Wildman–Crippen LogP) is 1.59. The lowest BCUT2D eigenvalue weighted by molar-refractivity contribution is 0.0200. The summed E-state index contributed by atoms with van der Waals surface area (Å²) in [4.78, 5) is 20.7. The summed E-state index contributed by atoms with van der Waals surface area (Å²) >= 11 is 11.3. The third-order valence-corrected chi connectivity index (χ3v) is 3.17. The van der Waals surface area contributed by atoms with Crippen LogP contribution in [-0.4, -0.2) is 47.7 Å². The molecule has 0 unspecified atom stereocenters. The van der Waals surface area contributed by atoms with Crippen molar-refractivity contribution >= 4 is 35.8 Å². The second kappa shape index (κ2) is 9.05. The van der Waals surface area contributed by atoms with E-state index in [1.165, 1.54) is 12.1 Å². The van der Waals surface area contributed by atoms with Crippen molar-refractivity contribution in [2.75, 3.05) is 19.8 Å². The molecule has 112 valence electrons. The first-order valence-corrected chi connectivity index (χ1v) is 6.35. The van der Waals surface area contributed by atoms with Crippen LogP contribution in [0, 0.1) is 5.41 Å². The number of aldehydes is 2. The van der Waals surface area contributed by atoms with Crippen molar-refractivity contribution in [2.45, 2.75) is 6.92 Å². The zero-order valence-corrected chi connectivity index (χ0v) is 12.4. The molecule has 0 bridgehead atoms. The second-order valence-electron chi connectivity index (χ2n) is 4.42. The van der Waals surface area contributed by atoms with E-state index >= 15 is 0 Å². The van der Waals surface area contributed by atoms with Crippen molar-refractivity contribution < 1.29 is 24.9 Å². The number of halogens is 2. The first kappa shape index (κ1) is 19.0. The number of aliphatic hydroxyl groups excluding tert-OH is 3. The van der Waals surface area contributed by atoms with Gasteiger partial charge < -0.3 is 15.3 Å². The molecule has 1 aromatic rings. The molecule has 0 saturated carbocycles. The number of carbonyl (C=O) groups is 2. The number of benzene rings is 1. The van der Waals surface area contributed by atoms with Crippen LogP contribution < -0.4 is 0 Å². The smallest absolute Gasteiger partial charge is 0.151 e. The van der Waals surface area contributed by atoms with E-state index in [1.54, 1.807) is 6.92 Å². The molecule has 0 aromatic heterocycles. The Balaban J connectivity index is 0.000000396. The Kier molecular flexibility index (Phi) is 8.60. The van der Waals surface area contributed by atoms with Crippen molar-refractivity contribution in [2.24, 2.45) is 5.41 Å². The molecule has 0 amide bonds. The average molecular weight is 323 g/mol. The van der Waals surface area contributed by atoms with Gasteiger partial charge in [-0.25, -0.2) is 0 Å². The van der Waals surface area contributed by atoms with Crippen molar-refractivity contribution in [3.05, 3.63) is 33.3 Å². The minimum atomic E-state index is -0.708. The van der Waals surface area contributed by atoms with E-state index in [9.17, 15) is 9.59 Å². The molecular formula is C13H16Cl2O5. The lowest BCUT2D eigenvalue weighted by atomic mass is 9.95. The van der Waals surface area contributed by atoms with Crippen LogP contribution in [0.1, 0.15) is 27.6 Å². The third kappa shape index (κ3) is 5.56. The van der Waals surface area contributed by atoms with Gasteiger partial charge in [0.1, 0.15) is 0 Å². The van der Waals surface area contributed by atoms with Gasteiger partial charge in [-0.3, -0.25) is 9.59 Å². The van der Waals surface area contributed by atoms with E-state index in [2.05, 4.69) is 0 Å². The van der Waals surface area contributed by atoms with Crippen LogP contribution in [0.2, 0.25) is 10.0 Å². The van der Waals surface area contributed by atoms with Gasteiger partial charge in [-0.15, -0.1) is 0 Å². The molecule has 5 nitrogen and oxygen atoms in total. The minimum Gasteiger partial charge on any atom is -0.396 e. The van der Waals surface area contributed by atoms with Crippen LogP contribution in [0.25, 0.3) is 0 Å². The Morgan fingerprint density at radius 3 is 1.40 bits per heavy atom. The van der Waals surface area contributed by atoms with Gasteiger partial charge in [0.05, 0.1) is 29.9 Å². The number of rotatable bonds is 5. The van der Waals surface area contributed by atoms with Gasteiger partial charge in [0.15, 0.2) is 12.6 Å². The largest absolute Gasteiger partial charge is 0.396 e. The van der Waals surface area contributed by atoms with Crippen LogP contribution in [0.3, 0.4) is 0 Å². The maximum atomic E-state index is 10.3. The fourth-order valence-corrected chi connectivity index (χ4v) is 1.34. The predicted molar refractivity (Wildman–Crippen MR) is 76.6 cm³/mol. The van der Waals surface area contributed by atoms with E-state index in [0.29, 0.717) is 12.6 Å². The van der Waals surface area contributed by atoms with Gasteiger partial charge in [0, 0.05) is 16.5 Å². The van der Waals surface area contributed by atoms with Crippen molar-refractivity contribution in [3.63, 3.8) is 0 Å². The van der Waals surface area contributed by atoms with E-state index in [4.69, 9.17) is 38.5 Å². The Bertz CT molecular complexity index is 416. The average Bonchev–Trinajstić information content (AvgIpc) is 2.48. The fraction of sp³-hybridized carbons (Fsp3) is 0.385. The van der Waals surface area contributed by atoms with Gasteiger partial charge >= 0.3 is 0 Å². The summed E-state index contributed by atoms with van der Waals surface area (Å²) < 4.78 is 0. The molecule has 0 aliphatic rings. The highest BCUT2D eigenvalue weighted by Gasteiger charge is 2.20. The summed E-state index contributed by atoms with van der Waals surface area (Å²) in [5, 5.41) is 25.9. The molecule has 0 heterocycles. The number of carbonyl (C=O) groups excluding carboxylic acids is 2. The summed E-state index contributed by atoms with van der Waals surface area (Å²) in [5.74, 6) is 0. The van der Waals surface area contributed by atoms with Crippen molar-refractivity contribution in [3.8, 4) is 0 Å². The molecule has 0 saturated heterocycles. The molecule has 0 aliphatic carbocycles. The van der Waals surface area contributed by atoms with E-state index in [-0.39, 0.29) is 41.0 Å². The summed E-state index contributed by atoms with van der Waals surface area (Å²) in [6.07, 6.45) is 1.17. The maximum absolute atomic E-state index is 10.3. The molecule has 0 atom stereocenters. The molecular weight excluding hydrogens is 307 g/mol. The Labute approximate surface area is 126 Å². The fourth-order valence-electron chi connectivity index (χ4n) is 0.908. The zero-order valence-electron chi connectivity index (χ0n) is 10.8. The van der Waals surface area contributed by atoms with Crippen LogP contribution in [0.15, 0.2) is 12.1 Å². The van der Waals surface area contributed by atoms with Gasteiger partial charge in [0.25, 0.3) is 0 Å². The molecule has 0 spiro atoms. The van der Waals surface area contributed by atoms with Crippen molar-refractivity contribution in [1.82, 2.24) is 0 Å². The summed E-state index contributed by atoms with van der Waals surface area (Å²) in [7, 11) is 0. The van der Waals surface area contributed by atoms with Crippen LogP contribution in [0.4, 0.5) is 0 Å². The highest BCUT2D eigenvalue weighted by Crippen LogP contribution is 2.22. The Morgan fingerprint density at radius 1 is 0.950 bits per heavy atom. The quantitative estimate of drug-likeness (QED) is 0.715. The van der Waals surface area contributed by atoms with Crippen LogP contribution in [-0.2, 0) is 0 Å². The van der Waals surface area contributed by atoms with Crippen LogP contribution >= 0.6 is 23.2 Å². The normalized spacial score (nSPS) is 10.5. The maximum Gasteiger partial charge on any atom is 0.151 e. The molecule has 1 aromatic carbocycles. The molecule has 7 heteroatoms. The molecule has 1 rings (SSSR count). The second-order valence-corrected chi connectivity index (χ2v) is 5.23. The highest BCUT2D eigenvalue weighted by molar-refractivity contribution is 6.36. The lowest BCUT2D eigenvalue weighted by Gasteiger charge is -2.20. The topological polar surface area (TPSA) is 94.8 Å². The van der Waals surface area contributed by atoms with E-state index < -0.39 is 5.41 Å². The minimum absolute atomic E-state index is 0.181. The first-order valence-electron chi connectivity index (χ1n) is 5.59. The number of hydrogen-bond acceptors (Lipinski definition) is 5. The Hall–Kier alpha value is -0.980. The van der Waals surface area contributed by atoms with E-state index in [0.717, 1.165) is 0 Å². The first-order chi connectivity index (χ1) is 9.37. The van der Waals surface area contributed by atoms with Crippen LogP contribution in [0.5, 0.6) is 0 Å². The summed E-state index contributed by atoms with van der Waals surface area (Å²) in [6, 6.07) is 2.72. The lowest BCUT2D eigenvalue weighted by Crippen LogP contribution is -2.29. The molecule has 0 fully saturated rings. The van der Waals surface area contributed by atoms with Gasteiger partial charge in [-0.1, -0.05) is 30.1 Å². The molecule has 3 N–H and O–H groups in total. The monoisotopic (exact) mass is 322 g/mol. The van der Waals surface area contributed by atoms with Gasteiger partial charge in [0.2, 0.25) is 0 Å². The summed E-state index contributed by atoms with van der Waals surface area (Å²) in [5.41, 5.74) is -0.139. The third-order valence-electron chi connectivity index (χ3n) is 2.52. The number of hydrogen-bond donors (Lipinski definition) is 3. The standard InChI is InChI=1S/C8H4Cl2O2.C5H12O3/c9-7-1-5(3-11)8(10)2-6(7)4-12;1-5(2-6,3-7)4-8/h1-4H;6-8H,2-4H2,1H3. The number of aliphatic hydroxyl groups is 3. The van der Waals surface area contributed by atoms with E-state index in [1.807, 2.05) is 0 Å². The molecule has 0 aliphatic heterocycles. The zero-order chi connectivity index (χ0) is 15.8.